The van der Waals surface area contributed by atoms with Crippen molar-refractivity contribution in [2.75, 3.05) is 11.8 Å². The van der Waals surface area contributed by atoms with Crippen LogP contribution in [0.25, 0.3) is 10.7 Å². The number of anilines is 1. The Morgan fingerprint density at radius 3 is 2.76 bits per heavy atom. The highest BCUT2D eigenvalue weighted by Crippen LogP contribution is 2.26. The minimum Gasteiger partial charge on any atom is -0.497 e. The van der Waals surface area contributed by atoms with Crippen molar-refractivity contribution in [2.45, 2.75) is 11.3 Å². The number of hydrogen-bond donors (Lipinski definition) is 1. The highest BCUT2D eigenvalue weighted by Gasteiger charge is 2.18. The number of aromatic nitrogens is 2. The van der Waals surface area contributed by atoms with Gasteiger partial charge < -0.3 is 9.26 Å². The predicted molar refractivity (Wildman–Crippen MR) is 111 cm³/mol. The Labute approximate surface area is 172 Å². The van der Waals surface area contributed by atoms with Gasteiger partial charge in [0.2, 0.25) is 11.7 Å². The molecule has 0 radical (unpaired) electrons. The quantitative estimate of drug-likeness (QED) is 0.475. The van der Waals surface area contributed by atoms with Crippen molar-refractivity contribution in [3.8, 4) is 16.5 Å². The molecule has 29 heavy (non-hydrogen) atoms. The number of rotatable bonds is 7. The Bertz CT molecular complexity index is 1220. The molecule has 0 atom stereocenters. The summed E-state index contributed by atoms with van der Waals surface area (Å²) in [5, 5.41) is 5.94. The summed E-state index contributed by atoms with van der Waals surface area (Å²) in [6.45, 7) is 0. The third-order valence-corrected chi connectivity index (χ3v) is 6.39. The van der Waals surface area contributed by atoms with Crippen LogP contribution in [0.1, 0.15) is 11.5 Å². The van der Waals surface area contributed by atoms with Gasteiger partial charge in [-0.3, -0.25) is 4.72 Å². The van der Waals surface area contributed by atoms with Gasteiger partial charge in [-0.2, -0.15) is 4.98 Å². The van der Waals surface area contributed by atoms with Crippen LogP contribution in [0.2, 0.25) is 0 Å². The summed E-state index contributed by atoms with van der Waals surface area (Å²) in [7, 11) is -2.30. The normalized spacial score (nSPS) is 11.3. The van der Waals surface area contributed by atoms with Crippen LogP contribution in [-0.4, -0.2) is 25.7 Å². The van der Waals surface area contributed by atoms with Crippen molar-refractivity contribution >= 4 is 27.0 Å². The molecule has 0 aliphatic carbocycles. The molecular formula is C20H17N3O4S2. The standard InChI is InChI=1S/C20H17N3O4S2/c1-26-15-7-4-8-16(13-15)29(24,25)23-17-9-3-2-6-14(17)12-19-21-20(22-27-19)18-10-5-11-28-18/h2-11,13,23H,12H2,1H3. The van der Waals surface area contributed by atoms with Crippen LogP contribution in [0, 0.1) is 0 Å². The van der Waals surface area contributed by atoms with E-state index in [-0.39, 0.29) is 4.90 Å². The average Bonchev–Trinajstić information content (AvgIpc) is 3.41. The highest BCUT2D eigenvalue weighted by molar-refractivity contribution is 7.92. The lowest BCUT2D eigenvalue weighted by Gasteiger charge is -2.12. The van der Waals surface area contributed by atoms with E-state index in [1.807, 2.05) is 29.6 Å². The zero-order chi connectivity index (χ0) is 20.3. The third-order valence-electron chi connectivity index (χ3n) is 4.16. The van der Waals surface area contributed by atoms with Gasteiger partial charge in [0.1, 0.15) is 5.75 Å². The number of ether oxygens (including phenoxy) is 1. The maximum atomic E-state index is 12.8. The molecule has 0 unspecified atom stereocenters. The van der Waals surface area contributed by atoms with Gasteiger partial charge in [-0.1, -0.05) is 35.5 Å². The molecule has 0 aliphatic rings. The molecule has 0 spiro atoms. The number of methoxy groups -OCH3 is 1. The second-order valence-electron chi connectivity index (χ2n) is 6.11. The Kier molecular flexibility index (Phi) is 5.32. The van der Waals surface area contributed by atoms with E-state index in [0.29, 0.717) is 29.6 Å². The molecule has 1 N–H and O–H groups in total. The zero-order valence-electron chi connectivity index (χ0n) is 15.4. The molecule has 9 heteroatoms. The molecule has 0 saturated heterocycles. The van der Waals surface area contributed by atoms with E-state index < -0.39 is 10.0 Å². The average molecular weight is 428 g/mol. The van der Waals surface area contributed by atoms with Crippen molar-refractivity contribution in [1.82, 2.24) is 10.1 Å². The van der Waals surface area contributed by atoms with Gasteiger partial charge in [0, 0.05) is 6.07 Å². The van der Waals surface area contributed by atoms with Gasteiger partial charge >= 0.3 is 0 Å². The lowest BCUT2D eigenvalue weighted by Crippen LogP contribution is -2.14. The summed E-state index contributed by atoms with van der Waals surface area (Å²) in [5.74, 6) is 1.39. The van der Waals surface area contributed by atoms with Crippen LogP contribution in [0.15, 0.2) is 75.5 Å². The second-order valence-corrected chi connectivity index (χ2v) is 8.74. The summed E-state index contributed by atoms with van der Waals surface area (Å²) >= 11 is 1.52. The van der Waals surface area contributed by atoms with Crippen molar-refractivity contribution in [3.05, 3.63) is 77.5 Å². The van der Waals surface area contributed by atoms with Crippen molar-refractivity contribution in [3.63, 3.8) is 0 Å². The number of thiophene rings is 1. The summed E-state index contributed by atoms with van der Waals surface area (Å²) in [5.41, 5.74) is 1.17. The first-order chi connectivity index (χ1) is 14.0. The monoisotopic (exact) mass is 427 g/mol. The molecule has 0 fully saturated rings. The molecule has 2 heterocycles. The number of nitrogens with one attached hydrogen (secondary N) is 1. The molecule has 0 amide bonds. The minimum atomic E-state index is -3.79. The third kappa shape index (κ3) is 4.30. The molecule has 7 nitrogen and oxygen atoms in total. The fourth-order valence-corrected chi connectivity index (χ4v) is 4.53. The molecule has 148 valence electrons. The Morgan fingerprint density at radius 2 is 1.97 bits per heavy atom. The highest BCUT2D eigenvalue weighted by atomic mass is 32.2. The van der Waals surface area contributed by atoms with Gasteiger partial charge in [0.15, 0.2) is 0 Å². The van der Waals surface area contributed by atoms with E-state index in [1.165, 1.54) is 30.6 Å². The first kappa shape index (κ1) is 19.2. The van der Waals surface area contributed by atoms with E-state index in [4.69, 9.17) is 9.26 Å². The van der Waals surface area contributed by atoms with Crippen LogP contribution in [0.5, 0.6) is 5.75 Å². The van der Waals surface area contributed by atoms with Gasteiger partial charge in [0.05, 0.1) is 29.0 Å². The fraction of sp³-hybridized carbons (Fsp3) is 0.100. The summed E-state index contributed by atoms with van der Waals surface area (Å²) in [6.07, 6.45) is 0.301. The van der Waals surface area contributed by atoms with E-state index in [2.05, 4.69) is 14.9 Å². The number of hydrogen-bond acceptors (Lipinski definition) is 7. The van der Waals surface area contributed by atoms with E-state index in [0.717, 1.165) is 10.4 Å². The molecule has 4 aromatic rings. The largest absolute Gasteiger partial charge is 0.497 e. The molecule has 0 aliphatic heterocycles. The molecule has 2 aromatic carbocycles. The Morgan fingerprint density at radius 1 is 1.10 bits per heavy atom. The molecule has 4 rings (SSSR count). The molecule has 2 aromatic heterocycles. The van der Waals surface area contributed by atoms with Crippen molar-refractivity contribution in [2.24, 2.45) is 0 Å². The molecule has 0 bridgehead atoms. The van der Waals surface area contributed by atoms with Gasteiger partial charge in [-0.05, 0) is 35.2 Å². The van der Waals surface area contributed by atoms with E-state index in [9.17, 15) is 8.42 Å². The van der Waals surface area contributed by atoms with Crippen LogP contribution in [0.3, 0.4) is 0 Å². The van der Waals surface area contributed by atoms with E-state index >= 15 is 0 Å². The maximum absolute atomic E-state index is 12.8. The van der Waals surface area contributed by atoms with Crippen LogP contribution in [0.4, 0.5) is 5.69 Å². The summed E-state index contributed by atoms with van der Waals surface area (Å²) in [6, 6.07) is 17.2. The van der Waals surface area contributed by atoms with Crippen LogP contribution in [-0.2, 0) is 16.4 Å². The SMILES string of the molecule is COc1cccc(S(=O)(=O)Nc2ccccc2Cc2nc(-c3cccs3)no2)c1. The lowest BCUT2D eigenvalue weighted by atomic mass is 10.1. The maximum Gasteiger partial charge on any atom is 0.262 e. The van der Waals surface area contributed by atoms with E-state index in [1.54, 1.807) is 24.3 Å². The lowest BCUT2D eigenvalue weighted by molar-refractivity contribution is 0.386. The summed E-state index contributed by atoms with van der Waals surface area (Å²) in [4.78, 5) is 5.43. The Hall–Kier alpha value is -3.17. The fourth-order valence-electron chi connectivity index (χ4n) is 2.74. The van der Waals surface area contributed by atoms with Crippen LogP contribution < -0.4 is 9.46 Å². The summed E-state index contributed by atoms with van der Waals surface area (Å²) < 4.78 is 38.7. The van der Waals surface area contributed by atoms with Crippen molar-refractivity contribution in [1.29, 1.82) is 0 Å². The number of sulfonamides is 1. The van der Waals surface area contributed by atoms with Crippen molar-refractivity contribution < 1.29 is 17.7 Å². The van der Waals surface area contributed by atoms with Crippen LogP contribution >= 0.6 is 11.3 Å². The number of benzene rings is 2. The zero-order valence-corrected chi connectivity index (χ0v) is 17.0. The van der Waals surface area contributed by atoms with Gasteiger partial charge in [0.25, 0.3) is 10.0 Å². The first-order valence-corrected chi connectivity index (χ1v) is 11.0. The number of nitrogens with zero attached hydrogens (tertiary/aromatic N) is 2. The predicted octanol–water partition coefficient (Wildman–Crippen LogP) is 4.20. The minimum absolute atomic E-state index is 0.115. The smallest absolute Gasteiger partial charge is 0.262 e. The second kappa shape index (κ2) is 8.06. The Balaban J connectivity index is 1.58. The molecule has 0 saturated carbocycles. The first-order valence-electron chi connectivity index (χ1n) is 8.66. The molecular weight excluding hydrogens is 410 g/mol. The number of para-hydroxylation sites is 1. The van der Waals surface area contributed by atoms with Gasteiger partial charge in [-0.15, -0.1) is 11.3 Å². The topological polar surface area (TPSA) is 94.3 Å². The van der Waals surface area contributed by atoms with Gasteiger partial charge in [-0.25, -0.2) is 8.42 Å².